The molecule has 1 aromatic carbocycles. The lowest BCUT2D eigenvalue weighted by Gasteiger charge is -2.23. The van der Waals surface area contributed by atoms with E-state index in [-0.39, 0.29) is 5.78 Å². The van der Waals surface area contributed by atoms with Crippen molar-refractivity contribution in [2.75, 3.05) is 7.11 Å². The third-order valence-electron chi connectivity index (χ3n) is 2.36. The zero-order valence-corrected chi connectivity index (χ0v) is 11.5. The number of ketones is 1. The molecule has 0 aliphatic heterocycles. The third kappa shape index (κ3) is 3.23. The van der Waals surface area contributed by atoms with Gasteiger partial charge in [0.15, 0.2) is 5.60 Å². The maximum absolute atomic E-state index is 12.2. The van der Waals surface area contributed by atoms with Crippen LogP contribution in [0.5, 0.6) is 5.75 Å². The first-order chi connectivity index (χ1) is 8.27. The lowest BCUT2D eigenvalue weighted by molar-refractivity contribution is -0.149. The fourth-order valence-electron chi connectivity index (χ4n) is 1.55. The topological polar surface area (TPSA) is 52.6 Å². The number of ether oxygens (including phenoxy) is 2. The Hall–Kier alpha value is -1.55. The summed E-state index contributed by atoms with van der Waals surface area (Å²) in [5.74, 6) is -0.414. The van der Waals surface area contributed by atoms with Crippen LogP contribution in [0, 0.1) is 0 Å². The van der Waals surface area contributed by atoms with Crippen LogP contribution in [0.2, 0.25) is 5.02 Å². The third-order valence-corrected chi connectivity index (χ3v) is 2.67. The predicted octanol–water partition coefficient (Wildman–Crippen LogP) is 2.87. The Morgan fingerprint density at radius 3 is 2.39 bits per heavy atom. The highest BCUT2D eigenvalue weighted by molar-refractivity contribution is 6.32. The smallest absolute Gasteiger partial charge is 0.303 e. The molecule has 0 atom stereocenters. The first-order valence-electron chi connectivity index (χ1n) is 5.36. The molecule has 1 rings (SSSR count). The predicted molar refractivity (Wildman–Crippen MR) is 68.2 cm³/mol. The molecular weight excluding hydrogens is 256 g/mol. The summed E-state index contributed by atoms with van der Waals surface area (Å²) in [6.07, 6.45) is 0. The van der Waals surface area contributed by atoms with Gasteiger partial charge in [-0.2, -0.15) is 0 Å². The number of carbonyl (C=O) groups excluding carboxylic acids is 2. The van der Waals surface area contributed by atoms with Crippen LogP contribution >= 0.6 is 11.6 Å². The number of esters is 1. The maximum atomic E-state index is 12.2. The summed E-state index contributed by atoms with van der Waals surface area (Å²) in [4.78, 5) is 23.2. The highest BCUT2D eigenvalue weighted by Crippen LogP contribution is 2.27. The molecule has 0 N–H and O–H groups in total. The van der Waals surface area contributed by atoms with Crippen molar-refractivity contribution in [3.05, 3.63) is 28.8 Å². The van der Waals surface area contributed by atoms with Crippen LogP contribution in [-0.4, -0.2) is 24.5 Å². The number of hydrogen-bond donors (Lipinski definition) is 0. The van der Waals surface area contributed by atoms with E-state index in [0.29, 0.717) is 16.3 Å². The highest BCUT2D eigenvalue weighted by Gasteiger charge is 2.32. The average Bonchev–Trinajstić information content (AvgIpc) is 2.27. The van der Waals surface area contributed by atoms with Gasteiger partial charge < -0.3 is 9.47 Å². The van der Waals surface area contributed by atoms with E-state index < -0.39 is 11.6 Å². The maximum Gasteiger partial charge on any atom is 0.303 e. The summed E-state index contributed by atoms with van der Waals surface area (Å²) in [6.45, 7) is 4.34. The lowest BCUT2D eigenvalue weighted by atomic mass is 9.96. The molecule has 0 aliphatic rings. The Kier molecular flexibility index (Phi) is 4.35. The highest BCUT2D eigenvalue weighted by atomic mass is 35.5. The van der Waals surface area contributed by atoms with Crippen LogP contribution in [0.3, 0.4) is 0 Å². The second-order valence-electron chi connectivity index (χ2n) is 4.28. The standard InChI is InChI=1S/C13H15ClO4/c1-8(15)18-13(2,3)12(16)9-5-6-10(14)11(7-9)17-4/h5-7H,1-4H3. The van der Waals surface area contributed by atoms with Crippen molar-refractivity contribution < 1.29 is 19.1 Å². The first-order valence-corrected chi connectivity index (χ1v) is 5.73. The Morgan fingerprint density at radius 1 is 1.28 bits per heavy atom. The molecule has 18 heavy (non-hydrogen) atoms. The van der Waals surface area contributed by atoms with E-state index in [9.17, 15) is 9.59 Å². The van der Waals surface area contributed by atoms with Crippen molar-refractivity contribution in [2.45, 2.75) is 26.4 Å². The summed E-state index contributed by atoms with van der Waals surface area (Å²) < 4.78 is 10.0. The van der Waals surface area contributed by atoms with E-state index in [4.69, 9.17) is 21.1 Å². The molecule has 0 amide bonds. The average molecular weight is 271 g/mol. The normalized spacial score (nSPS) is 10.9. The zero-order chi connectivity index (χ0) is 13.9. The zero-order valence-electron chi connectivity index (χ0n) is 10.7. The van der Waals surface area contributed by atoms with Gasteiger partial charge >= 0.3 is 5.97 Å². The van der Waals surface area contributed by atoms with Gasteiger partial charge in [0.05, 0.1) is 12.1 Å². The van der Waals surface area contributed by atoms with E-state index in [0.717, 1.165) is 0 Å². The Balaban J connectivity index is 3.07. The fraction of sp³-hybridized carbons (Fsp3) is 0.385. The molecule has 1 aromatic rings. The summed E-state index contributed by atoms with van der Waals surface area (Å²) >= 11 is 5.88. The van der Waals surface area contributed by atoms with Crippen molar-refractivity contribution in [1.82, 2.24) is 0 Å². The molecule has 98 valence electrons. The number of benzene rings is 1. The van der Waals surface area contributed by atoms with Crippen molar-refractivity contribution in [1.29, 1.82) is 0 Å². The molecule has 0 heterocycles. The molecule has 0 fully saturated rings. The minimum atomic E-state index is -1.22. The first kappa shape index (κ1) is 14.5. The number of methoxy groups -OCH3 is 1. The molecule has 4 nitrogen and oxygen atoms in total. The van der Waals surface area contributed by atoms with Gasteiger partial charge in [0.1, 0.15) is 5.75 Å². The van der Waals surface area contributed by atoms with Gasteiger partial charge in [-0.1, -0.05) is 11.6 Å². The van der Waals surface area contributed by atoms with Crippen molar-refractivity contribution in [2.24, 2.45) is 0 Å². The van der Waals surface area contributed by atoms with Crippen LogP contribution < -0.4 is 4.74 Å². The second kappa shape index (κ2) is 5.40. The van der Waals surface area contributed by atoms with E-state index in [1.54, 1.807) is 12.1 Å². The minimum Gasteiger partial charge on any atom is -0.495 e. The second-order valence-corrected chi connectivity index (χ2v) is 4.69. The molecule has 0 unspecified atom stereocenters. The van der Waals surface area contributed by atoms with Crippen molar-refractivity contribution in [3.63, 3.8) is 0 Å². The Morgan fingerprint density at radius 2 is 1.89 bits per heavy atom. The molecule has 0 spiro atoms. The summed E-state index contributed by atoms with van der Waals surface area (Å²) in [5.41, 5.74) is -0.840. The van der Waals surface area contributed by atoms with Crippen LogP contribution in [0.25, 0.3) is 0 Å². The number of Topliss-reactive ketones (excluding diaryl/α,β-unsaturated/α-hetero) is 1. The van der Waals surface area contributed by atoms with Crippen molar-refractivity contribution in [3.8, 4) is 5.75 Å². The lowest BCUT2D eigenvalue weighted by Crippen LogP contribution is -2.36. The van der Waals surface area contributed by atoms with Gasteiger partial charge in [-0.25, -0.2) is 0 Å². The van der Waals surface area contributed by atoms with Gasteiger partial charge in [-0.3, -0.25) is 9.59 Å². The van der Waals surface area contributed by atoms with Gasteiger partial charge in [0, 0.05) is 12.5 Å². The molecule has 0 saturated heterocycles. The Bertz CT molecular complexity index is 480. The van der Waals surface area contributed by atoms with Crippen LogP contribution in [-0.2, 0) is 9.53 Å². The molecule has 0 radical (unpaired) electrons. The van der Waals surface area contributed by atoms with Crippen LogP contribution in [0.4, 0.5) is 0 Å². The number of rotatable bonds is 4. The molecule has 0 aromatic heterocycles. The molecule has 0 bridgehead atoms. The van der Waals surface area contributed by atoms with Crippen LogP contribution in [0.1, 0.15) is 31.1 Å². The van der Waals surface area contributed by atoms with E-state index in [2.05, 4.69) is 0 Å². The fourth-order valence-corrected chi connectivity index (χ4v) is 1.75. The van der Waals surface area contributed by atoms with E-state index >= 15 is 0 Å². The molecule has 5 heteroatoms. The quantitative estimate of drug-likeness (QED) is 0.624. The number of hydrogen-bond acceptors (Lipinski definition) is 4. The molecule has 0 aliphatic carbocycles. The molecule has 0 saturated carbocycles. The minimum absolute atomic E-state index is 0.312. The number of carbonyl (C=O) groups is 2. The number of halogens is 1. The largest absolute Gasteiger partial charge is 0.495 e. The van der Waals surface area contributed by atoms with Crippen molar-refractivity contribution >= 4 is 23.4 Å². The van der Waals surface area contributed by atoms with Gasteiger partial charge in [-0.15, -0.1) is 0 Å². The molecular formula is C13H15ClO4. The van der Waals surface area contributed by atoms with Crippen LogP contribution in [0.15, 0.2) is 18.2 Å². The monoisotopic (exact) mass is 270 g/mol. The summed E-state index contributed by atoms with van der Waals surface area (Å²) in [7, 11) is 1.46. The van der Waals surface area contributed by atoms with Gasteiger partial charge in [0.25, 0.3) is 0 Å². The van der Waals surface area contributed by atoms with E-state index in [1.165, 1.54) is 33.9 Å². The van der Waals surface area contributed by atoms with Gasteiger partial charge in [-0.05, 0) is 32.0 Å². The summed E-state index contributed by atoms with van der Waals surface area (Å²) in [6, 6.07) is 4.66. The van der Waals surface area contributed by atoms with E-state index in [1.807, 2.05) is 0 Å². The Labute approximate surface area is 111 Å². The SMILES string of the molecule is COc1cc(C(=O)C(C)(C)OC(C)=O)ccc1Cl. The summed E-state index contributed by atoms with van der Waals surface area (Å²) in [5, 5.41) is 0.416. The van der Waals surface area contributed by atoms with Gasteiger partial charge in [0.2, 0.25) is 5.78 Å².